The standard InChI is InChI=1S/C14H22N4O/c1-3-15-11-6-7-16-13(9-11)14(19)17-10-12-5-4-8-18(12)2/h6-7,9,12H,3-5,8,10H2,1-2H3,(H,15,16)(H,17,19). The average molecular weight is 262 g/mol. The average Bonchev–Trinajstić information content (AvgIpc) is 2.82. The van der Waals surface area contributed by atoms with Gasteiger partial charge in [-0.05, 0) is 45.5 Å². The van der Waals surface area contributed by atoms with E-state index in [1.165, 1.54) is 6.42 Å². The van der Waals surface area contributed by atoms with E-state index in [2.05, 4.69) is 27.6 Å². The number of likely N-dealkylation sites (tertiary alicyclic amines) is 1. The zero-order chi connectivity index (χ0) is 13.7. The highest BCUT2D eigenvalue weighted by atomic mass is 16.1. The molecule has 0 aromatic carbocycles. The Morgan fingerprint density at radius 2 is 2.42 bits per heavy atom. The zero-order valence-corrected chi connectivity index (χ0v) is 11.6. The van der Waals surface area contributed by atoms with Crippen molar-refractivity contribution in [2.45, 2.75) is 25.8 Å². The summed E-state index contributed by atoms with van der Waals surface area (Å²) >= 11 is 0. The van der Waals surface area contributed by atoms with Crippen LogP contribution >= 0.6 is 0 Å². The number of anilines is 1. The molecule has 1 aliphatic heterocycles. The number of carbonyl (C=O) groups is 1. The Hall–Kier alpha value is -1.62. The lowest BCUT2D eigenvalue weighted by molar-refractivity contribution is 0.0938. The van der Waals surface area contributed by atoms with Crippen LogP contribution in [0.1, 0.15) is 30.3 Å². The van der Waals surface area contributed by atoms with Gasteiger partial charge in [-0.15, -0.1) is 0 Å². The quantitative estimate of drug-likeness (QED) is 0.840. The Morgan fingerprint density at radius 3 is 3.11 bits per heavy atom. The van der Waals surface area contributed by atoms with Crippen molar-refractivity contribution in [1.29, 1.82) is 0 Å². The fraction of sp³-hybridized carbons (Fsp3) is 0.571. The van der Waals surface area contributed by atoms with Crippen molar-refractivity contribution in [2.75, 3.05) is 32.0 Å². The lowest BCUT2D eigenvalue weighted by Gasteiger charge is -2.19. The molecule has 2 rings (SSSR count). The van der Waals surface area contributed by atoms with Crippen molar-refractivity contribution in [3.05, 3.63) is 24.0 Å². The second kappa shape index (κ2) is 6.52. The van der Waals surface area contributed by atoms with Crippen LogP contribution in [0.25, 0.3) is 0 Å². The number of hydrogen-bond donors (Lipinski definition) is 2. The number of rotatable bonds is 5. The van der Waals surface area contributed by atoms with E-state index < -0.39 is 0 Å². The molecule has 1 unspecified atom stereocenters. The monoisotopic (exact) mass is 262 g/mol. The van der Waals surface area contributed by atoms with Crippen molar-refractivity contribution in [3.8, 4) is 0 Å². The van der Waals surface area contributed by atoms with Gasteiger partial charge in [0.25, 0.3) is 5.91 Å². The summed E-state index contributed by atoms with van der Waals surface area (Å²) in [6.45, 7) is 4.67. The molecular formula is C14H22N4O. The van der Waals surface area contributed by atoms with Gasteiger partial charge in [-0.1, -0.05) is 0 Å². The molecule has 2 heterocycles. The van der Waals surface area contributed by atoms with Gasteiger partial charge in [0.1, 0.15) is 5.69 Å². The van der Waals surface area contributed by atoms with E-state index in [4.69, 9.17) is 0 Å². The predicted molar refractivity (Wildman–Crippen MR) is 76.4 cm³/mol. The number of nitrogens with one attached hydrogen (secondary N) is 2. The molecule has 1 atom stereocenters. The van der Waals surface area contributed by atoms with Gasteiger partial charge in [0.05, 0.1) is 0 Å². The number of hydrogen-bond acceptors (Lipinski definition) is 4. The van der Waals surface area contributed by atoms with Gasteiger partial charge in [0.15, 0.2) is 0 Å². The minimum Gasteiger partial charge on any atom is -0.385 e. The lowest BCUT2D eigenvalue weighted by atomic mass is 10.2. The third-order valence-corrected chi connectivity index (χ3v) is 3.54. The molecule has 5 nitrogen and oxygen atoms in total. The van der Waals surface area contributed by atoms with Crippen molar-refractivity contribution < 1.29 is 4.79 Å². The summed E-state index contributed by atoms with van der Waals surface area (Å²) in [5.74, 6) is -0.0972. The highest BCUT2D eigenvalue weighted by Crippen LogP contribution is 2.14. The molecule has 1 saturated heterocycles. The predicted octanol–water partition coefficient (Wildman–Crippen LogP) is 1.34. The molecule has 5 heteroatoms. The molecule has 0 radical (unpaired) electrons. The van der Waals surface area contributed by atoms with Gasteiger partial charge in [-0.3, -0.25) is 9.78 Å². The van der Waals surface area contributed by atoms with Crippen LogP contribution in [-0.2, 0) is 0 Å². The normalized spacial score (nSPS) is 19.4. The third kappa shape index (κ3) is 3.67. The topological polar surface area (TPSA) is 57.3 Å². The second-order valence-electron chi connectivity index (χ2n) is 4.95. The van der Waals surface area contributed by atoms with Crippen LogP contribution in [0.5, 0.6) is 0 Å². The highest BCUT2D eigenvalue weighted by Gasteiger charge is 2.21. The number of carbonyl (C=O) groups excluding carboxylic acids is 1. The summed E-state index contributed by atoms with van der Waals surface area (Å²) in [5.41, 5.74) is 1.40. The van der Waals surface area contributed by atoms with E-state index in [1.54, 1.807) is 12.3 Å². The van der Waals surface area contributed by atoms with Gasteiger partial charge in [0, 0.05) is 31.0 Å². The second-order valence-corrected chi connectivity index (χ2v) is 4.95. The van der Waals surface area contributed by atoms with Crippen LogP contribution in [0.15, 0.2) is 18.3 Å². The maximum absolute atomic E-state index is 12.0. The van der Waals surface area contributed by atoms with Crippen LogP contribution in [-0.4, -0.2) is 48.5 Å². The number of amides is 1. The SMILES string of the molecule is CCNc1ccnc(C(=O)NCC2CCCN2C)c1. The van der Waals surface area contributed by atoms with Crippen molar-refractivity contribution >= 4 is 11.6 Å². The zero-order valence-electron chi connectivity index (χ0n) is 11.6. The van der Waals surface area contributed by atoms with Gasteiger partial charge >= 0.3 is 0 Å². The fourth-order valence-corrected chi connectivity index (χ4v) is 2.41. The molecule has 0 aliphatic carbocycles. The molecule has 1 aromatic heterocycles. The Labute approximate surface area is 114 Å². The van der Waals surface area contributed by atoms with Gasteiger partial charge in [-0.2, -0.15) is 0 Å². The molecule has 104 valence electrons. The first-order valence-electron chi connectivity index (χ1n) is 6.89. The van der Waals surface area contributed by atoms with Crippen LogP contribution in [0, 0.1) is 0 Å². The fourth-order valence-electron chi connectivity index (χ4n) is 2.41. The number of nitrogens with zero attached hydrogens (tertiary/aromatic N) is 2. The van der Waals surface area contributed by atoms with Gasteiger partial charge < -0.3 is 15.5 Å². The molecule has 2 N–H and O–H groups in total. The van der Waals surface area contributed by atoms with E-state index >= 15 is 0 Å². The van der Waals surface area contributed by atoms with Crippen molar-refractivity contribution in [1.82, 2.24) is 15.2 Å². The summed E-state index contributed by atoms with van der Waals surface area (Å²) in [5, 5.41) is 6.15. The van der Waals surface area contributed by atoms with Crippen LogP contribution in [0.4, 0.5) is 5.69 Å². The summed E-state index contributed by atoms with van der Waals surface area (Å²) in [6.07, 6.45) is 4.03. The molecule has 0 bridgehead atoms. The third-order valence-electron chi connectivity index (χ3n) is 3.54. The number of aromatic nitrogens is 1. The summed E-state index contributed by atoms with van der Waals surface area (Å²) in [6, 6.07) is 4.11. The lowest BCUT2D eigenvalue weighted by Crippen LogP contribution is -2.38. The van der Waals surface area contributed by atoms with E-state index in [0.717, 1.165) is 25.2 Å². The van der Waals surface area contributed by atoms with E-state index in [-0.39, 0.29) is 5.91 Å². The first-order chi connectivity index (χ1) is 9.20. The molecule has 1 aromatic rings. The minimum atomic E-state index is -0.0972. The molecule has 0 saturated carbocycles. The minimum absolute atomic E-state index is 0.0972. The first-order valence-corrected chi connectivity index (χ1v) is 6.89. The Balaban J connectivity index is 1.90. The van der Waals surface area contributed by atoms with Crippen LogP contribution in [0.2, 0.25) is 0 Å². The largest absolute Gasteiger partial charge is 0.385 e. The summed E-state index contributed by atoms with van der Waals surface area (Å²) in [4.78, 5) is 18.5. The summed E-state index contributed by atoms with van der Waals surface area (Å²) < 4.78 is 0. The maximum Gasteiger partial charge on any atom is 0.270 e. The van der Waals surface area contributed by atoms with Crippen molar-refractivity contribution in [2.24, 2.45) is 0 Å². The van der Waals surface area contributed by atoms with E-state index in [0.29, 0.717) is 18.3 Å². The van der Waals surface area contributed by atoms with Crippen LogP contribution in [0.3, 0.4) is 0 Å². The maximum atomic E-state index is 12.0. The Morgan fingerprint density at radius 1 is 1.58 bits per heavy atom. The Kier molecular flexibility index (Phi) is 4.74. The smallest absolute Gasteiger partial charge is 0.270 e. The van der Waals surface area contributed by atoms with Crippen LogP contribution < -0.4 is 10.6 Å². The molecular weight excluding hydrogens is 240 g/mol. The molecule has 19 heavy (non-hydrogen) atoms. The van der Waals surface area contributed by atoms with E-state index in [1.807, 2.05) is 13.0 Å². The summed E-state index contributed by atoms with van der Waals surface area (Å²) in [7, 11) is 2.11. The van der Waals surface area contributed by atoms with Gasteiger partial charge in [0.2, 0.25) is 0 Å². The van der Waals surface area contributed by atoms with E-state index in [9.17, 15) is 4.79 Å². The number of likely N-dealkylation sites (N-methyl/N-ethyl adjacent to an activating group) is 1. The Bertz CT molecular complexity index is 435. The number of pyridine rings is 1. The highest BCUT2D eigenvalue weighted by molar-refractivity contribution is 5.93. The molecule has 1 aliphatic rings. The van der Waals surface area contributed by atoms with Crippen molar-refractivity contribution in [3.63, 3.8) is 0 Å². The molecule has 1 amide bonds. The van der Waals surface area contributed by atoms with Gasteiger partial charge in [-0.25, -0.2) is 0 Å². The first kappa shape index (κ1) is 13.8. The molecule has 0 spiro atoms. The molecule has 1 fully saturated rings.